The van der Waals surface area contributed by atoms with Crippen LogP contribution in [0.5, 0.6) is 0 Å². The highest BCUT2D eigenvalue weighted by Crippen LogP contribution is 2.27. The average Bonchev–Trinajstić information content (AvgIpc) is 2.91. The van der Waals surface area contributed by atoms with Crippen LogP contribution in [-0.2, 0) is 9.47 Å². The van der Waals surface area contributed by atoms with Crippen molar-refractivity contribution in [2.75, 3.05) is 20.3 Å². The summed E-state index contributed by atoms with van der Waals surface area (Å²) in [6.45, 7) is 1.55. The maximum atomic E-state index is 11.7. The zero-order chi connectivity index (χ0) is 13.2. The van der Waals surface area contributed by atoms with E-state index < -0.39 is 0 Å². The number of carbonyl (C=O) groups excluding carboxylic acids is 1. The molecule has 5 heteroatoms. The second-order valence-electron chi connectivity index (χ2n) is 4.67. The van der Waals surface area contributed by atoms with Crippen LogP contribution in [0.3, 0.4) is 0 Å². The van der Waals surface area contributed by atoms with Gasteiger partial charge >= 0.3 is 5.97 Å². The van der Waals surface area contributed by atoms with E-state index in [-0.39, 0.29) is 5.97 Å². The number of imidazole rings is 1. The Balaban J connectivity index is 2.05. The van der Waals surface area contributed by atoms with Crippen LogP contribution in [0.2, 0.25) is 0 Å². The third-order valence-electron chi connectivity index (χ3n) is 3.59. The van der Waals surface area contributed by atoms with Crippen LogP contribution in [0.4, 0.5) is 0 Å². The minimum Gasteiger partial charge on any atom is -0.465 e. The molecule has 0 atom stereocenters. The van der Waals surface area contributed by atoms with Crippen molar-refractivity contribution in [1.82, 2.24) is 9.38 Å². The molecule has 100 valence electrons. The summed E-state index contributed by atoms with van der Waals surface area (Å²) in [4.78, 5) is 16.2. The molecular weight excluding hydrogens is 244 g/mol. The Hall–Kier alpha value is -1.88. The van der Waals surface area contributed by atoms with Crippen molar-refractivity contribution >= 4 is 11.5 Å². The van der Waals surface area contributed by atoms with Crippen molar-refractivity contribution in [2.24, 2.45) is 0 Å². The number of hydrogen-bond donors (Lipinski definition) is 0. The van der Waals surface area contributed by atoms with Crippen molar-refractivity contribution in [3.63, 3.8) is 0 Å². The van der Waals surface area contributed by atoms with Gasteiger partial charge in [-0.1, -0.05) is 0 Å². The van der Waals surface area contributed by atoms with Crippen molar-refractivity contribution in [1.29, 1.82) is 0 Å². The van der Waals surface area contributed by atoms with Crippen LogP contribution in [0, 0.1) is 0 Å². The van der Waals surface area contributed by atoms with Crippen molar-refractivity contribution in [3.05, 3.63) is 35.9 Å². The lowest BCUT2D eigenvalue weighted by molar-refractivity contribution is 0.0602. The van der Waals surface area contributed by atoms with E-state index in [1.807, 2.05) is 16.7 Å². The standard InChI is InChI=1S/C14H16N2O3/c1-18-14(17)11-3-2-6-16-12(11)9-15-13(16)10-4-7-19-8-5-10/h2-3,6,9-10H,4-5,7-8H2,1H3. The first kappa shape index (κ1) is 12.2. The molecule has 2 aromatic rings. The lowest BCUT2D eigenvalue weighted by Gasteiger charge is -2.21. The predicted molar refractivity (Wildman–Crippen MR) is 69.3 cm³/mol. The minimum atomic E-state index is -0.330. The Morgan fingerprint density at radius 1 is 1.47 bits per heavy atom. The molecule has 0 N–H and O–H groups in total. The molecule has 0 bridgehead atoms. The summed E-state index contributed by atoms with van der Waals surface area (Å²) >= 11 is 0. The molecule has 0 amide bonds. The smallest absolute Gasteiger partial charge is 0.340 e. The van der Waals surface area contributed by atoms with Gasteiger partial charge in [-0.3, -0.25) is 0 Å². The van der Waals surface area contributed by atoms with Crippen molar-refractivity contribution in [3.8, 4) is 0 Å². The second kappa shape index (κ2) is 5.01. The average molecular weight is 260 g/mol. The minimum absolute atomic E-state index is 0.330. The molecule has 0 saturated carbocycles. The summed E-state index contributed by atoms with van der Waals surface area (Å²) < 4.78 is 12.2. The molecule has 1 fully saturated rings. The first-order chi connectivity index (χ1) is 9.31. The quantitative estimate of drug-likeness (QED) is 0.775. The van der Waals surface area contributed by atoms with E-state index >= 15 is 0 Å². The van der Waals surface area contributed by atoms with E-state index in [0.717, 1.165) is 37.4 Å². The molecule has 0 aromatic carbocycles. The normalized spacial score (nSPS) is 16.7. The van der Waals surface area contributed by atoms with Gasteiger partial charge in [-0.25, -0.2) is 9.78 Å². The number of rotatable bonds is 2. The van der Waals surface area contributed by atoms with Crippen LogP contribution in [0.15, 0.2) is 24.5 Å². The SMILES string of the molecule is COC(=O)c1cccn2c(C3CCOCC3)ncc12. The van der Waals surface area contributed by atoms with E-state index in [1.165, 1.54) is 7.11 Å². The molecule has 1 aliphatic rings. The second-order valence-corrected chi connectivity index (χ2v) is 4.67. The maximum absolute atomic E-state index is 11.7. The zero-order valence-corrected chi connectivity index (χ0v) is 10.8. The summed E-state index contributed by atoms with van der Waals surface area (Å²) in [5, 5.41) is 0. The molecule has 0 unspecified atom stereocenters. The van der Waals surface area contributed by atoms with Crippen LogP contribution < -0.4 is 0 Å². The monoisotopic (exact) mass is 260 g/mol. The van der Waals surface area contributed by atoms with Crippen molar-refractivity contribution < 1.29 is 14.3 Å². The molecule has 3 rings (SSSR count). The Bertz CT molecular complexity index is 600. The molecular formula is C14H16N2O3. The van der Waals surface area contributed by atoms with Crippen LogP contribution in [0.1, 0.15) is 34.9 Å². The largest absolute Gasteiger partial charge is 0.465 e. The van der Waals surface area contributed by atoms with Gasteiger partial charge in [0.1, 0.15) is 5.82 Å². The number of fused-ring (bicyclic) bond motifs is 1. The molecule has 1 aliphatic heterocycles. The highest BCUT2D eigenvalue weighted by molar-refractivity contribution is 5.96. The van der Waals surface area contributed by atoms with Gasteiger partial charge in [-0.15, -0.1) is 0 Å². The van der Waals surface area contributed by atoms with E-state index in [4.69, 9.17) is 9.47 Å². The van der Waals surface area contributed by atoms with Crippen molar-refractivity contribution in [2.45, 2.75) is 18.8 Å². The number of pyridine rings is 1. The molecule has 3 heterocycles. The van der Waals surface area contributed by atoms with Crippen LogP contribution in [0.25, 0.3) is 5.52 Å². The summed E-state index contributed by atoms with van der Waals surface area (Å²) in [6.07, 6.45) is 5.64. The fourth-order valence-electron chi connectivity index (χ4n) is 2.58. The molecule has 0 radical (unpaired) electrons. The van der Waals surface area contributed by atoms with E-state index in [9.17, 15) is 4.79 Å². The number of carbonyl (C=O) groups is 1. The Morgan fingerprint density at radius 3 is 3.00 bits per heavy atom. The Labute approximate surface area is 111 Å². The van der Waals surface area contributed by atoms with Crippen LogP contribution >= 0.6 is 0 Å². The maximum Gasteiger partial charge on any atom is 0.340 e. The number of esters is 1. The number of nitrogens with zero attached hydrogens (tertiary/aromatic N) is 2. The van der Waals surface area contributed by atoms with Gasteiger partial charge in [-0.2, -0.15) is 0 Å². The summed E-state index contributed by atoms with van der Waals surface area (Å²) in [6, 6.07) is 3.61. The highest BCUT2D eigenvalue weighted by Gasteiger charge is 2.21. The molecule has 5 nitrogen and oxygen atoms in total. The van der Waals surface area contributed by atoms with Crippen LogP contribution in [-0.4, -0.2) is 35.7 Å². The fraction of sp³-hybridized carbons (Fsp3) is 0.429. The molecule has 2 aromatic heterocycles. The third kappa shape index (κ3) is 2.10. The fourth-order valence-corrected chi connectivity index (χ4v) is 2.58. The van der Waals surface area contributed by atoms with Gasteiger partial charge < -0.3 is 13.9 Å². The molecule has 0 aliphatic carbocycles. The van der Waals surface area contributed by atoms with Gasteiger partial charge in [0.25, 0.3) is 0 Å². The summed E-state index contributed by atoms with van der Waals surface area (Å²) in [7, 11) is 1.39. The number of aromatic nitrogens is 2. The number of hydrogen-bond acceptors (Lipinski definition) is 4. The summed E-state index contributed by atoms with van der Waals surface area (Å²) in [5.41, 5.74) is 1.35. The number of methoxy groups -OCH3 is 1. The van der Waals surface area contributed by atoms with Gasteiger partial charge in [-0.05, 0) is 25.0 Å². The van der Waals surface area contributed by atoms with Gasteiger partial charge in [0.2, 0.25) is 0 Å². The topological polar surface area (TPSA) is 52.8 Å². The number of ether oxygens (including phenoxy) is 2. The lowest BCUT2D eigenvalue weighted by Crippen LogP contribution is -2.16. The molecule has 19 heavy (non-hydrogen) atoms. The van der Waals surface area contributed by atoms with Gasteiger partial charge in [0.15, 0.2) is 0 Å². The first-order valence-electron chi connectivity index (χ1n) is 6.43. The van der Waals surface area contributed by atoms with E-state index in [0.29, 0.717) is 11.5 Å². The third-order valence-corrected chi connectivity index (χ3v) is 3.59. The van der Waals surface area contributed by atoms with E-state index in [2.05, 4.69) is 4.98 Å². The Kier molecular flexibility index (Phi) is 3.21. The molecule has 0 spiro atoms. The van der Waals surface area contributed by atoms with E-state index in [1.54, 1.807) is 12.3 Å². The lowest BCUT2D eigenvalue weighted by atomic mass is 9.99. The van der Waals surface area contributed by atoms with Gasteiger partial charge in [0.05, 0.1) is 24.4 Å². The predicted octanol–water partition coefficient (Wildman–Crippen LogP) is 2.01. The Morgan fingerprint density at radius 2 is 2.26 bits per heavy atom. The van der Waals surface area contributed by atoms with Gasteiger partial charge in [0, 0.05) is 25.3 Å². The highest BCUT2D eigenvalue weighted by atomic mass is 16.5. The summed E-state index contributed by atoms with van der Waals surface area (Å²) in [5.74, 6) is 1.07. The first-order valence-corrected chi connectivity index (χ1v) is 6.43. The molecule has 1 saturated heterocycles. The zero-order valence-electron chi connectivity index (χ0n) is 10.8.